The fourth-order valence-electron chi connectivity index (χ4n) is 2.20. The van der Waals surface area contributed by atoms with Crippen LogP contribution in [-0.4, -0.2) is 21.1 Å². The molecule has 0 aliphatic carbocycles. The van der Waals surface area contributed by atoms with Crippen molar-refractivity contribution in [3.8, 4) is 0 Å². The Morgan fingerprint density at radius 3 is 2.62 bits per heavy atom. The van der Waals surface area contributed by atoms with Crippen molar-refractivity contribution in [2.24, 2.45) is 7.05 Å². The number of nitrogens with one attached hydrogen (secondary N) is 1. The van der Waals surface area contributed by atoms with E-state index in [-0.39, 0.29) is 5.56 Å². The minimum Gasteiger partial charge on any atom is -0.336 e. The fraction of sp³-hybridized carbons (Fsp3) is 0.429. The quantitative estimate of drug-likeness (QED) is 0.923. The van der Waals surface area contributed by atoms with E-state index in [2.05, 4.69) is 15.3 Å². The monoisotopic (exact) mass is 298 g/mol. The molecule has 2 aromatic heterocycles. The summed E-state index contributed by atoms with van der Waals surface area (Å²) in [6.07, 6.45) is 1.97. The normalized spacial score (nSPS) is 13.4. The molecule has 21 heavy (non-hydrogen) atoms. The topological polar surface area (TPSA) is 42.7 Å². The van der Waals surface area contributed by atoms with Gasteiger partial charge < -0.3 is 9.88 Å². The van der Waals surface area contributed by atoms with Gasteiger partial charge in [-0.2, -0.15) is 13.2 Å². The molecule has 1 N–H and O–H groups in total. The van der Waals surface area contributed by atoms with Crippen LogP contribution in [0, 0.1) is 0 Å². The van der Waals surface area contributed by atoms with Crippen molar-refractivity contribution in [1.29, 1.82) is 0 Å². The number of alkyl halides is 3. The lowest BCUT2D eigenvalue weighted by molar-refractivity contribution is -0.138. The Hall–Kier alpha value is -1.89. The molecular formula is C14H17F3N4. The number of hydrogen-bond acceptors (Lipinski definition) is 3. The summed E-state index contributed by atoms with van der Waals surface area (Å²) in [5.74, 6) is 0. The SMILES string of the molecule is CCCNC(c1cnccc1C(F)(F)F)c1cncn1C. The highest BCUT2D eigenvalue weighted by molar-refractivity contribution is 5.34. The van der Waals surface area contributed by atoms with Gasteiger partial charge in [0.1, 0.15) is 0 Å². The predicted molar refractivity (Wildman–Crippen MR) is 72.6 cm³/mol. The number of rotatable bonds is 5. The van der Waals surface area contributed by atoms with Crippen molar-refractivity contribution in [2.75, 3.05) is 6.54 Å². The minimum absolute atomic E-state index is 0.113. The second-order valence-electron chi connectivity index (χ2n) is 4.78. The molecule has 0 aromatic carbocycles. The summed E-state index contributed by atoms with van der Waals surface area (Å²) >= 11 is 0. The maximum absolute atomic E-state index is 13.2. The summed E-state index contributed by atoms with van der Waals surface area (Å²) in [5, 5.41) is 3.14. The van der Waals surface area contributed by atoms with Crippen LogP contribution in [0.4, 0.5) is 13.2 Å². The second-order valence-corrected chi connectivity index (χ2v) is 4.78. The molecule has 2 aromatic rings. The van der Waals surface area contributed by atoms with E-state index in [0.29, 0.717) is 12.2 Å². The molecule has 4 nitrogen and oxygen atoms in total. The van der Waals surface area contributed by atoms with Gasteiger partial charge in [0, 0.05) is 25.0 Å². The van der Waals surface area contributed by atoms with E-state index < -0.39 is 17.8 Å². The van der Waals surface area contributed by atoms with Gasteiger partial charge in [-0.15, -0.1) is 0 Å². The molecule has 0 bridgehead atoms. The van der Waals surface area contributed by atoms with Crippen molar-refractivity contribution in [3.05, 3.63) is 47.8 Å². The number of imidazole rings is 1. The smallest absolute Gasteiger partial charge is 0.336 e. The number of aromatic nitrogens is 3. The first-order chi connectivity index (χ1) is 9.95. The molecule has 0 aliphatic rings. The Balaban J connectivity index is 2.50. The average molecular weight is 298 g/mol. The van der Waals surface area contributed by atoms with Crippen LogP contribution < -0.4 is 5.32 Å². The molecule has 0 aliphatic heterocycles. The van der Waals surface area contributed by atoms with Crippen LogP contribution in [0.3, 0.4) is 0 Å². The Labute approximate surface area is 121 Å². The lowest BCUT2D eigenvalue weighted by Crippen LogP contribution is -2.27. The molecule has 2 heterocycles. The van der Waals surface area contributed by atoms with E-state index in [1.165, 1.54) is 6.20 Å². The van der Waals surface area contributed by atoms with Crippen LogP contribution in [0.5, 0.6) is 0 Å². The Bertz CT molecular complexity index is 592. The zero-order valence-corrected chi connectivity index (χ0v) is 11.9. The summed E-state index contributed by atoms with van der Waals surface area (Å²) < 4.78 is 41.3. The van der Waals surface area contributed by atoms with Crippen LogP contribution in [0.2, 0.25) is 0 Å². The lowest BCUT2D eigenvalue weighted by Gasteiger charge is -2.22. The van der Waals surface area contributed by atoms with E-state index in [9.17, 15) is 13.2 Å². The zero-order chi connectivity index (χ0) is 15.5. The largest absolute Gasteiger partial charge is 0.416 e. The Kier molecular flexibility index (Phi) is 4.62. The van der Waals surface area contributed by atoms with Crippen molar-refractivity contribution in [3.63, 3.8) is 0 Å². The van der Waals surface area contributed by atoms with Crippen molar-refractivity contribution in [1.82, 2.24) is 19.9 Å². The third-order valence-corrected chi connectivity index (χ3v) is 3.22. The molecule has 0 fully saturated rings. The highest BCUT2D eigenvalue weighted by Crippen LogP contribution is 2.35. The number of nitrogens with zero attached hydrogens (tertiary/aromatic N) is 3. The van der Waals surface area contributed by atoms with Gasteiger partial charge in [0.2, 0.25) is 0 Å². The van der Waals surface area contributed by atoms with Crippen LogP contribution >= 0.6 is 0 Å². The molecule has 0 amide bonds. The fourth-order valence-corrected chi connectivity index (χ4v) is 2.20. The zero-order valence-electron chi connectivity index (χ0n) is 11.9. The third kappa shape index (κ3) is 3.41. The van der Waals surface area contributed by atoms with Crippen LogP contribution in [0.15, 0.2) is 31.0 Å². The van der Waals surface area contributed by atoms with Gasteiger partial charge in [-0.25, -0.2) is 4.98 Å². The van der Waals surface area contributed by atoms with E-state index in [0.717, 1.165) is 18.7 Å². The number of pyridine rings is 1. The van der Waals surface area contributed by atoms with E-state index in [1.54, 1.807) is 24.1 Å². The van der Waals surface area contributed by atoms with Crippen LogP contribution in [-0.2, 0) is 13.2 Å². The molecule has 0 saturated heterocycles. The molecule has 0 saturated carbocycles. The summed E-state index contributed by atoms with van der Waals surface area (Å²) in [7, 11) is 1.76. The summed E-state index contributed by atoms with van der Waals surface area (Å²) in [4.78, 5) is 7.85. The highest BCUT2D eigenvalue weighted by atomic mass is 19.4. The number of hydrogen-bond donors (Lipinski definition) is 1. The molecule has 0 spiro atoms. The summed E-state index contributed by atoms with van der Waals surface area (Å²) in [5.41, 5.74) is 0.108. The number of halogens is 3. The first-order valence-corrected chi connectivity index (χ1v) is 6.65. The summed E-state index contributed by atoms with van der Waals surface area (Å²) in [6.45, 7) is 2.56. The lowest BCUT2D eigenvalue weighted by atomic mass is 10.00. The Morgan fingerprint density at radius 1 is 1.29 bits per heavy atom. The molecule has 7 heteroatoms. The van der Waals surface area contributed by atoms with E-state index in [4.69, 9.17) is 0 Å². The second kappa shape index (κ2) is 6.26. The van der Waals surface area contributed by atoms with E-state index in [1.807, 2.05) is 6.92 Å². The first kappa shape index (κ1) is 15.5. The third-order valence-electron chi connectivity index (χ3n) is 3.22. The Morgan fingerprint density at radius 2 is 2.05 bits per heavy atom. The molecule has 114 valence electrons. The summed E-state index contributed by atoms with van der Waals surface area (Å²) in [6, 6.07) is 0.412. The minimum atomic E-state index is -4.41. The predicted octanol–water partition coefficient (Wildman–Crippen LogP) is 2.92. The van der Waals surface area contributed by atoms with Crippen molar-refractivity contribution < 1.29 is 13.2 Å². The van der Waals surface area contributed by atoms with Gasteiger partial charge in [0.05, 0.1) is 29.8 Å². The van der Waals surface area contributed by atoms with Gasteiger partial charge in [0.15, 0.2) is 0 Å². The number of aryl methyl sites for hydroxylation is 1. The van der Waals surface area contributed by atoms with Gasteiger partial charge in [0.25, 0.3) is 0 Å². The van der Waals surface area contributed by atoms with Crippen LogP contribution in [0.1, 0.15) is 36.2 Å². The maximum Gasteiger partial charge on any atom is 0.416 e. The molecule has 1 unspecified atom stereocenters. The molecule has 1 atom stereocenters. The van der Waals surface area contributed by atoms with Crippen molar-refractivity contribution in [2.45, 2.75) is 25.6 Å². The average Bonchev–Trinajstić information content (AvgIpc) is 2.85. The standard InChI is InChI=1S/C14H17F3N4/c1-3-5-20-13(12-8-19-9-21(12)2)10-7-18-6-4-11(10)14(15,16)17/h4,6-9,13,20H,3,5H2,1-2H3. The van der Waals surface area contributed by atoms with Crippen LogP contribution in [0.25, 0.3) is 0 Å². The van der Waals surface area contributed by atoms with Crippen molar-refractivity contribution >= 4 is 0 Å². The first-order valence-electron chi connectivity index (χ1n) is 6.65. The van der Waals surface area contributed by atoms with Gasteiger partial charge in [-0.3, -0.25) is 4.98 Å². The highest BCUT2D eigenvalue weighted by Gasteiger charge is 2.36. The molecule has 2 rings (SSSR count). The van der Waals surface area contributed by atoms with Gasteiger partial charge >= 0.3 is 6.18 Å². The van der Waals surface area contributed by atoms with Gasteiger partial charge in [-0.1, -0.05) is 6.92 Å². The van der Waals surface area contributed by atoms with Gasteiger partial charge in [-0.05, 0) is 19.0 Å². The molecule has 0 radical (unpaired) electrons. The molecular weight excluding hydrogens is 281 g/mol. The van der Waals surface area contributed by atoms with E-state index >= 15 is 0 Å². The maximum atomic E-state index is 13.2.